The van der Waals surface area contributed by atoms with Gasteiger partial charge in [-0.1, -0.05) is 67.3 Å². The Hall–Kier alpha value is -3.07. The molecule has 0 amide bonds. The van der Waals surface area contributed by atoms with Gasteiger partial charge in [-0.15, -0.1) is 0 Å². The van der Waals surface area contributed by atoms with Crippen molar-refractivity contribution in [3.8, 4) is 0 Å². The molecule has 28 heavy (non-hydrogen) atoms. The molecule has 0 aliphatic rings. The number of benzene rings is 2. The SMILES string of the molecule is C=C(/C=C\C=C/C)N=C=O.C=NC(C)c1cccc2ccccc12.CCOC. The van der Waals surface area contributed by atoms with Crippen molar-refractivity contribution in [3.63, 3.8) is 0 Å². The Morgan fingerprint density at radius 1 is 1.21 bits per heavy atom. The van der Waals surface area contributed by atoms with Crippen molar-refractivity contribution in [3.05, 3.63) is 84.6 Å². The van der Waals surface area contributed by atoms with Crippen molar-refractivity contribution >= 4 is 23.6 Å². The van der Waals surface area contributed by atoms with Crippen molar-refractivity contribution in [1.29, 1.82) is 0 Å². The number of hydrogen-bond acceptors (Lipinski definition) is 4. The molecule has 0 saturated heterocycles. The number of allylic oxidation sites excluding steroid dienone is 4. The second-order valence-corrected chi connectivity index (χ2v) is 5.58. The molecule has 0 aliphatic carbocycles. The number of nitrogens with zero attached hydrogens (tertiary/aromatic N) is 2. The summed E-state index contributed by atoms with van der Waals surface area (Å²) in [6, 6.07) is 14.8. The second-order valence-electron chi connectivity index (χ2n) is 5.58. The summed E-state index contributed by atoms with van der Waals surface area (Å²) in [5.74, 6) is 0. The van der Waals surface area contributed by atoms with Crippen LogP contribution in [0.25, 0.3) is 10.8 Å². The molecule has 0 aromatic heterocycles. The van der Waals surface area contributed by atoms with Crippen LogP contribution >= 0.6 is 0 Å². The topological polar surface area (TPSA) is 51.0 Å². The van der Waals surface area contributed by atoms with Crippen LogP contribution in [0, 0.1) is 0 Å². The molecule has 0 spiro atoms. The quantitative estimate of drug-likeness (QED) is 0.340. The Labute approximate surface area is 168 Å². The molecule has 0 fully saturated rings. The third-order valence-electron chi connectivity index (χ3n) is 3.62. The first kappa shape index (κ1) is 24.9. The number of methoxy groups -OCH3 is 1. The summed E-state index contributed by atoms with van der Waals surface area (Å²) >= 11 is 0. The normalized spacial score (nSPS) is 11.0. The van der Waals surface area contributed by atoms with Crippen molar-refractivity contribution in [2.45, 2.75) is 26.8 Å². The van der Waals surface area contributed by atoms with E-state index in [0.717, 1.165) is 6.61 Å². The van der Waals surface area contributed by atoms with Crippen LogP contribution in [-0.2, 0) is 9.53 Å². The van der Waals surface area contributed by atoms with E-state index in [2.05, 4.69) is 77.4 Å². The number of ether oxygens (including phenoxy) is 1. The van der Waals surface area contributed by atoms with Gasteiger partial charge in [-0.2, -0.15) is 4.99 Å². The molecule has 1 atom stereocenters. The minimum absolute atomic E-state index is 0.168. The van der Waals surface area contributed by atoms with Crippen LogP contribution in [0.4, 0.5) is 0 Å². The number of hydrogen-bond donors (Lipinski definition) is 0. The highest BCUT2D eigenvalue weighted by molar-refractivity contribution is 5.86. The Balaban J connectivity index is 0.000000458. The largest absolute Gasteiger partial charge is 0.385 e. The zero-order chi connectivity index (χ0) is 21.2. The van der Waals surface area contributed by atoms with Crippen LogP contribution < -0.4 is 0 Å². The van der Waals surface area contributed by atoms with E-state index in [1.54, 1.807) is 19.3 Å². The van der Waals surface area contributed by atoms with E-state index in [1.807, 2.05) is 26.0 Å². The van der Waals surface area contributed by atoms with Gasteiger partial charge in [-0.05, 0) is 49.9 Å². The van der Waals surface area contributed by atoms with E-state index in [0.29, 0.717) is 5.70 Å². The third kappa shape index (κ3) is 10.2. The zero-order valence-electron chi connectivity index (χ0n) is 17.3. The molecule has 2 aromatic rings. The Bertz CT molecular complexity index is 824. The minimum Gasteiger partial charge on any atom is -0.385 e. The zero-order valence-corrected chi connectivity index (χ0v) is 17.3. The van der Waals surface area contributed by atoms with Gasteiger partial charge in [0, 0.05) is 13.7 Å². The van der Waals surface area contributed by atoms with Gasteiger partial charge in [0.2, 0.25) is 6.08 Å². The first-order chi connectivity index (χ1) is 13.5. The Kier molecular flexibility index (Phi) is 14.4. The summed E-state index contributed by atoms with van der Waals surface area (Å²) in [7, 11) is 1.68. The van der Waals surface area contributed by atoms with Crippen molar-refractivity contribution in [2.24, 2.45) is 9.98 Å². The van der Waals surface area contributed by atoms with Crippen LogP contribution in [0.15, 0.2) is 89.0 Å². The highest BCUT2D eigenvalue weighted by atomic mass is 16.5. The molecule has 148 valence electrons. The van der Waals surface area contributed by atoms with Crippen LogP contribution in [0.3, 0.4) is 0 Å². The minimum atomic E-state index is 0.168. The van der Waals surface area contributed by atoms with Gasteiger partial charge in [0.25, 0.3) is 0 Å². The molecule has 0 N–H and O–H groups in total. The van der Waals surface area contributed by atoms with E-state index >= 15 is 0 Å². The van der Waals surface area contributed by atoms with Gasteiger partial charge in [0.15, 0.2) is 0 Å². The van der Waals surface area contributed by atoms with Gasteiger partial charge < -0.3 is 4.74 Å². The third-order valence-corrected chi connectivity index (χ3v) is 3.62. The molecule has 4 heteroatoms. The smallest absolute Gasteiger partial charge is 0.240 e. The predicted molar refractivity (Wildman–Crippen MR) is 121 cm³/mol. The molecule has 0 radical (unpaired) electrons. The maximum Gasteiger partial charge on any atom is 0.240 e. The summed E-state index contributed by atoms with van der Waals surface area (Å²) < 4.78 is 4.54. The number of rotatable bonds is 6. The average molecular weight is 379 g/mol. The van der Waals surface area contributed by atoms with Crippen LogP contribution in [0.5, 0.6) is 0 Å². The summed E-state index contributed by atoms with van der Waals surface area (Å²) in [5.41, 5.74) is 1.66. The molecule has 2 aromatic carbocycles. The molecule has 0 heterocycles. The Morgan fingerprint density at radius 2 is 1.86 bits per heavy atom. The van der Waals surface area contributed by atoms with E-state index in [1.165, 1.54) is 22.4 Å². The fraction of sp³-hybridized carbons (Fsp3) is 0.250. The van der Waals surface area contributed by atoms with E-state index in [9.17, 15) is 4.79 Å². The van der Waals surface area contributed by atoms with E-state index < -0.39 is 0 Å². The molecule has 0 aliphatic heterocycles. The van der Waals surface area contributed by atoms with E-state index in [-0.39, 0.29) is 6.04 Å². The lowest BCUT2D eigenvalue weighted by Crippen LogP contribution is -1.90. The number of carbonyl (C=O) groups excluding carboxylic acids is 1. The van der Waals surface area contributed by atoms with E-state index in [4.69, 9.17) is 0 Å². The molecule has 1 unspecified atom stereocenters. The molecule has 4 nitrogen and oxygen atoms in total. The second kappa shape index (κ2) is 16.1. The summed E-state index contributed by atoms with van der Waals surface area (Å²) in [6.07, 6.45) is 8.47. The average Bonchev–Trinajstić information content (AvgIpc) is 2.74. The van der Waals surface area contributed by atoms with Crippen molar-refractivity contribution in [1.82, 2.24) is 0 Å². The fourth-order valence-corrected chi connectivity index (χ4v) is 2.09. The molecular formula is C24H30N2O2. The van der Waals surface area contributed by atoms with Crippen LogP contribution in [-0.4, -0.2) is 26.5 Å². The first-order valence-electron chi connectivity index (χ1n) is 9.04. The van der Waals surface area contributed by atoms with Gasteiger partial charge in [-0.3, -0.25) is 4.99 Å². The molecular weight excluding hydrogens is 348 g/mol. The van der Waals surface area contributed by atoms with Gasteiger partial charge >= 0.3 is 0 Å². The van der Waals surface area contributed by atoms with Gasteiger partial charge in [0.1, 0.15) is 0 Å². The van der Waals surface area contributed by atoms with Crippen molar-refractivity contribution in [2.75, 3.05) is 13.7 Å². The standard InChI is InChI=1S/C13H13N.C8H9NO.C3H8O/c1-10(14-2)12-9-5-7-11-6-3-4-8-13(11)12;1-3-4-5-6-8(2)9-7-10;1-3-4-2/h3-10H,2H2,1H3;3-6H,2H2,1H3;3H2,1-2H3/b;4-3-,6-5-;. The predicted octanol–water partition coefficient (Wildman–Crippen LogP) is 6.22. The lowest BCUT2D eigenvalue weighted by Gasteiger charge is -2.09. The van der Waals surface area contributed by atoms with Crippen molar-refractivity contribution < 1.29 is 9.53 Å². The highest BCUT2D eigenvalue weighted by Crippen LogP contribution is 2.25. The molecule has 2 rings (SSSR count). The maximum atomic E-state index is 9.64. The monoisotopic (exact) mass is 378 g/mol. The molecule has 0 saturated carbocycles. The van der Waals surface area contributed by atoms with Gasteiger partial charge in [0.05, 0.1) is 11.7 Å². The summed E-state index contributed by atoms with van der Waals surface area (Å²) in [5, 5.41) is 2.54. The Morgan fingerprint density at radius 3 is 2.43 bits per heavy atom. The summed E-state index contributed by atoms with van der Waals surface area (Å²) in [6.45, 7) is 13.8. The lowest BCUT2D eigenvalue weighted by molar-refractivity contribution is 0.215. The maximum absolute atomic E-state index is 9.64. The van der Waals surface area contributed by atoms with Crippen LogP contribution in [0.1, 0.15) is 32.4 Å². The first-order valence-corrected chi connectivity index (χ1v) is 9.04. The lowest BCUT2D eigenvalue weighted by atomic mass is 10.0. The number of fused-ring (bicyclic) bond motifs is 1. The number of isocyanates is 1. The fourth-order valence-electron chi connectivity index (χ4n) is 2.09. The highest BCUT2D eigenvalue weighted by Gasteiger charge is 2.05. The van der Waals surface area contributed by atoms with Crippen LogP contribution in [0.2, 0.25) is 0 Å². The number of aliphatic imine (C=N–C) groups is 2. The summed E-state index contributed by atoms with van der Waals surface area (Å²) in [4.78, 5) is 17.0. The van der Waals surface area contributed by atoms with Gasteiger partial charge in [-0.25, -0.2) is 4.79 Å². The molecule has 0 bridgehead atoms.